The number of hydrogen-bond acceptors (Lipinski definition) is 10. The molecule has 2 aliphatic rings. The van der Waals surface area contributed by atoms with Crippen LogP contribution >= 0.6 is 11.3 Å². The quantitative estimate of drug-likeness (QED) is 0.197. The van der Waals surface area contributed by atoms with E-state index in [0.717, 1.165) is 27.5 Å². The Morgan fingerprint density at radius 1 is 0.930 bits per heavy atom. The minimum atomic E-state index is -1.20. The average molecular weight is 788 g/mol. The molecule has 13 nitrogen and oxygen atoms in total. The van der Waals surface area contributed by atoms with Crippen LogP contribution in [0.4, 0.5) is 0 Å². The van der Waals surface area contributed by atoms with Gasteiger partial charge >= 0.3 is 0 Å². The van der Waals surface area contributed by atoms with Crippen LogP contribution in [0.5, 0.6) is 11.5 Å². The zero-order chi connectivity index (χ0) is 39.8. The van der Waals surface area contributed by atoms with Crippen molar-refractivity contribution in [3.05, 3.63) is 118 Å². The Morgan fingerprint density at radius 2 is 1.67 bits per heavy atom. The van der Waals surface area contributed by atoms with E-state index in [9.17, 15) is 19.5 Å². The van der Waals surface area contributed by atoms with Gasteiger partial charge in [-0.3, -0.25) is 23.9 Å². The van der Waals surface area contributed by atoms with Crippen molar-refractivity contribution in [1.29, 1.82) is 0 Å². The van der Waals surface area contributed by atoms with Gasteiger partial charge in [-0.1, -0.05) is 30.3 Å². The molecule has 6 heterocycles. The number of rotatable bonds is 9. The van der Waals surface area contributed by atoms with Crippen LogP contribution in [0, 0.1) is 19.8 Å². The Hall–Kier alpha value is -5.86. The molecule has 0 radical (unpaired) electrons. The van der Waals surface area contributed by atoms with Gasteiger partial charge in [0.2, 0.25) is 5.91 Å². The van der Waals surface area contributed by atoms with Crippen molar-refractivity contribution in [2.75, 3.05) is 40.4 Å². The molecule has 6 aromatic rings. The Bertz CT molecular complexity index is 2470. The van der Waals surface area contributed by atoms with Crippen LogP contribution in [-0.2, 0) is 11.3 Å². The number of piperidine rings is 2. The summed E-state index contributed by atoms with van der Waals surface area (Å²) < 4.78 is 14.1. The Kier molecular flexibility index (Phi) is 10.4. The van der Waals surface area contributed by atoms with E-state index < -0.39 is 5.60 Å². The van der Waals surface area contributed by atoms with Gasteiger partial charge in [0, 0.05) is 79.9 Å². The summed E-state index contributed by atoms with van der Waals surface area (Å²) in [5.41, 5.74) is 3.23. The van der Waals surface area contributed by atoms with Crippen LogP contribution in [0.3, 0.4) is 0 Å². The highest BCUT2D eigenvalue weighted by Crippen LogP contribution is 2.37. The lowest BCUT2D eigenvalue weighted by molar-refractivity contribution is -0.142. The van der Waals surface area contributed by atoms with Gasteiger partial charge in [0.25, 0.3) is 11.5 Å². The number of ether oxygens (including phenoxy) is 2. The molecule has 8 rings (SSSR count). The molecular formula is C43H45N7O6S. The lowest BCUT2D eigenvalue weighted by Gasteiger charge is -2.43. The molecule has 294 valence electrons. The summed E-state index contributed by atoms with van der Waals surface area (Å²) in [5.74, 6) is 0.630. The number of carbonyl (C=O) groups is 2. The molecule has 2 amide bonds. The van der Waals surface area contributed by atoms with Crippen molar-refractivity contribution in [1.82, 2.24) is 33.9 Å². The van der Waals surface area contributed by atoms with E-state index in [2.05, 4.69) is 9.97 Å². The van der Waals surface area contributed by atoms with Crippen LogP contribution < -0.4 is 15.0 Å². The van der Waals surface area contributed by atoms with Gasteiger partial charge in [-0.05, 0) is 56.9 Å². The summed E-state index contributed by atoms with van der Waals surface area (Å²) in [6, 6.07) is 21.0. The maximum Gasteiger partial charge on any atom is 0.265 e. The second-order valence-electron chi connectivity index (χ2n) is 15.0. The van der Waals surface area contributed by atoms with Crippen molar-refractivity contribution < 1.29 is 24.2 Å². The molecule has 1 N–H and O–H groups in total. The fraction of sp³-hybridized carbons (Fsp3) is 0.349. The third kappa shape index (κ3) is 7.54. The normalized spacial score (nSPS) is 18.1. The van der Waals surface area contributed by atoms with Crippen molar-refractivity contribution in [2.45, 2.75) is 51.2 Å². The fourth-order valence-electron chi connectivity index (χ4n) is 8.09. The molecule has 2 saturated heterocycles. The van der Waals surface area contributed by atoms with E-state index in [0.29, 0.717) is 78.5 Å². The molecule has 14 heteroatoms. The number of likely N-dealkylation sites (tertiary alicyclic amines) is 2. The molecule has 0 spiro atoms. The zero-order valence-corrected chi connectivity index (χ0v) is 33.2. The van der Waals surface area contributed by atoms with Crippen LogP contribution in [0.1, 0.15) is 51.8 Å². The predicted octanol–water partition coefficient (Wildman–Crippen LogP) is 5.64. The number of pyridine rings is 1. The molecular weight excluding hydrogens is 743 g/mol. The zero-order valence-electron chi connectivity index (χ0n) is 32.4. The number of nitrogens with zero attached hydrogens (tertiary/aromatic N) is 7. The maximum atomic E-state index is 14.3. The third-order valence-corrected chi connectivity index (χ3v) is 12.5. The predicted molar refractivity (Wildman–Crippen MR) is 217 cm³/mol. The van der Waals surface area contributed by atoms with Gasteiger partial charge in [0.15, 0.2) is 5.65 Å². The molecule has 0 aliphatic carbocycles. The van der Waals surface area contributed by atoms with Gasteiger partial charge in [-0.15, -0.1) is 11.3 Å². The molecule has 0 saturated carbocycles. The van der Waals surface area contributed by atoms with E-state index in [1.54, 1.807) is 43.3 Å². The fourth-order valence-corrected chi connectivity index (χ4v) is 9.11. The summed E-state index contributed by atoms with van der Waals surface area (Å²) in [7, 11) is 3.16. The van der Waals surface area contributed by atoms with Gasteiger partial charge < -0.3 is 28.9 Å². The van der Waals surface area contributed by atoms with Gasteiger partial charge in [0.05, 0.1) is 43.1 Å². The number of benzene rings is 2. The van der Waals surface area contributed by atoms with Crippen molar-refractivity contribution in [3.8, 4) is 27.8 Å². The first kappa shape index (κ1) is 38.0. The molecule has 0 bridgehead atoms. The monoisotopic (exact) mass is 787 g/mol. The van der Waals surface area contributed by atoms with E-state index in [-0.39, 0.29) is 35.8 Å². The first-order chi connectivity index (χ1) is 27.5. The lowest BCUT2D eigenvalue weighted by Crippen LogP contribution is -2.53. The van der Waals surface area contributed by atoms with Crippen LogP contribution in [0.25, 0.3) is 27.3 Å². The first-order valence-corrected chi connectivity index (χ1v) is 19.9. The molecule has 2 aliphatic heterocycles. The number of hydrogen-bond donors (Lipinski definition) is 1. The Balaban J connectivity index is 0.952. The smallest absolute Gasteiger partial charge is 0.265 e. The lowest BCUT2D eigenvalue weighted by atomic mass is 9.79. The highest BCUT2D eigenvalue weighted by Gasteiger charge is 2.42. The average Bonchev–Trinajstić information content (AvgIpc) is 3.86. The van der Waals surface area contributed by atoms with Gasteiger partial charge in [0.1, 0.15) is 27.7 Å². The molecule has 2 aromatic carbocycles. The topological polar surface area (TPSA) is 145 Å². The highest BCUT2D eigenvalue weighted by atomic mass is 32.1. The SMILES string of the molecule is COc1cc(OC)cc(-n2ccc3c(=O)n(CC4(O)CCN(C(=O)[C@H]5CCN(C(=O)c6sc(-c7ccc(C)nc7)nc6C)C[C@@H]5c5ccccc5)CC4)cnc32)c1. The minimum Gasteiger partial charge on any atom is -0.497 e. The van der Waals surface area contributed by atoms with Crippen molar-refractivity contribution in [2.24, 2.45) is 5.92 Å². The number of aromatic nitrogens is 5. The first-order valence-electron chi connectivity index (χ1n) is 19.1. The number of carbonyl (C=O) groups excluding carboxylic acids is 2. The van der Waals surface area contributed by atoms with E-state index >= 15 is 0 Å². The van der Waals surface area contributed by atoms with Crippen molar-refractivity contribution in [3.63, 3.8) is 0 Å². The standard InChI is InChI=1S/C43H45N7O6S/c1-27-10-11-30(23-44-27)39-46-28(2)37(57-39)42(53)48-16-12-34(36(24-48)29-8-6-5-7-9-29)40(51)47-18-14-43(54,15-19-47)25-49-26-45-38-35(41(49)52)13-17-50(38)31-20-32(55-3)22-33(21-31)56-4/h5-11,13,17,20-23,26,34,36,54H,12,14-16,18-19,24-25H2,1-4H3/t34-,36+/m0/s1. The van der Waals surface area contributed by atoms with E-state index in [4.69, 9.17) is 14.5 Å². The van der Waals surface area contributed by atoms with Gasteiger partial charge in [-0.25, -0.2) is 9.97 Å². The van der Waals surface area contributed by atoms with Crippen LogP contribution in [0.2, 0.25) is 0 Å². The summed E-state index contributed by atoms with van der Waals surface area (Å²) in [6.07, 6.45) is 6.17. The Labute approximate surface area is 334 Å². The molecule has 0 unspecified atom stereocenters. The van der Waals surface area contributed by atoms with E-state index in [1.807, 2.05) is 78.2 Å². The highest BCUT2D eigenvalue weighted by molar-refractivity contribution is 7.17. The maximum absolute atomic E-state index is 14.3. The third-order valence-electron chi connectivity index (χ3n) is 11.3. The molecule has 2 fully saturated rings. The number of fused-ring (bicyclic) bond motifs is 1. The Morgan fingerprint density at radius 3 is 2.35 bits per heavy atom. The second-order valence-corrected chi connectivity index (χ2v) is 16.0. The molecule has 57 heavy (non-hydrogen) atoms. The van der Waals surface area contributed by atoms with Crippen molar-refractivity contribution >= 4 is 34.2 Å². The largest absolute Gasteiger partial charge is 0.497 e. The summed E-state index contributed by atoms with van der Waals surface area (Å²) in [4.78, 5) is 60.1. The van der Waals surface area contributed by atoms with Crippen LogP contribution in [-0.4, -0.2) is 96.8 Å². The van der Waals surface area contributed by atoms with Gasteiger partial charge in [-0.2, -0.15) is 0 Å². The number of aliphatic hydroxyl groups is 1. The number of aryl methyl sites for hydroxylation is 2. The molecule has 2 atom stereocenters. The summed E-state index contributed by atoms with van der Waals surface area (Å²) in [6.45, 7) is 5.40. The van der Waals surface area contributed by atoms with Crippen LogP contribution in [0.15, 0.2) is 90.2 Å². The number of amides is 2. The molecule has 4 aromatic heterocycles. The summed E-state index contributed by atoms with van der Waals surface area (Å²) in [5, 5.41) is 12.9. The summed E-state index contributed by atoms with van der Waals surface area (Å²) >= 11 is 1.38. The van der Waals surface area contributed by atoms with E-state index in [1.165, 1.54) is 22.2 Å². The second kappa shape index (κ2) is 15.6. The minimum absolute atomic E-state index is 0.0249. The number of methoxy groups -OCH3 is 2. The number of thiazole rings is 1.